The summed E-state index contributed by atoms with van der Waals surface area (Å²) in [7, 11) is 4.34. The van der Waals surface area contributed by atoms with Gasteiger partial charge in [-0.15, -0.1) is 0 Å². The molecule has 1 atom stereocenters. The molecule has 0 amide bonds. The third-order valence-electron chi connectivity index (χ3n) is 4.99. The van der Waals surface area contributed by atoms with Crippen molar-refractivity contribution in [2.75, 3.05) is 21.3 Å². The van der Waals surface area contributed by atoms with E-state index in [9.17, 15) is 14.7 Å². The number of ether oxygens (including phenoxy) is 3. The van der Waals surface area contributed by atoms with Crippen LogP contribution in [0.1, 0.15) is 34.7 Å². The highest BCUT2D eigenvalue weighted by Gasteiger charge is 2.26. The van der Waals surface area contributed by atoms with Crippen molar-refractivity contribution < 1.29 is 24.1 Å². The zero-order valence-electron chi connectivity index (χ0n) is 17.0. The highest BCUT2D eigenvalue weighted by Crippen LogP contribution is 2.35. The summed E-state index contributed by atoms with van der Waals surface area (Å²) < 4.78 is 15.2. The molecule has 0 bridgehead atoms. The Morgan fingerprint density at radius 2 is 1.77 bits per heavy atom. The van der Waals surface area contributed by atoms with E-state index >= 15 is 0 Å². The Hall–Kier alpha value is -3.68. The highest BCUT2D eigenvalue weighted by atomic mass is 16.5. The fourth-order valence-corrected chi connectivity index (χ4v) is 3.41. The Labute approximate surface area is 173 Å². The molecule has 3 rings (SSSR count). The first-order valence-electron chi connectivity index (χ1n) is 9.32. The van der Waals surface area contributed by atoms with Gasteiger partial charge in [-0.2, -0.15) is 0 Å². The second kappa shape index (κ2) is 9.21. The summed E-state index contributed by atoms with van der Waals surface area (Å²) in [6.07, 6.45) is 0.409. The van der Waals surface area contributed by atoms with Crippen LogP contribution in [0.5, 0.6) is 17.2 Å². The van der Waals surface area contributed by atoms with E-state index in [1.165, 1.54) is 20.3 Å². The largest absolute Gasteiger partial charge is 0.504 e. The zero-order chi connectivity index (χ0) is 21.7. The van der Waals surface area contributed by atoms with Gasteiger partial charge in [0.15, 0.2) is 11.5 Å². The quantitative estimate of drug-likeness (QED) is 0.490. The summed E-state index contributed by atoms with van der Waals surface area (Å²) in [6.45, 7) is 0. The van der Waals surface area contributed by atoms with Crippen LogP contribution in [-0.4, -0.2) is 42.6 Å². The highest BCUT2D eigenvalue weighted by molar-refractivity contribution is 5.71. The van der Waals surface area contributed by atoms with Gasteiger partial charge in [0.25, 0.3) is 5.56 Å². The Morgan fingerprint density at radius 3 is 2.40 bits per heavy atom. The maximum absolute atomic E-state index is 12.7. The number of benzene rings is 2. The lowest BCUT2D eigenvalue weighted by Gasteiger charge is -2.17. The number of methoxy groups -OCH3 is 3. The molecule has 158 valence electrons. The van der Waals surface area contributed by atoms with Gasteiger partial charge >= 0.3 is 5.97 Å². The van der Waals surface area contributed by atoms with E-state index in [0.717, 1.165) is 11.3 Å². The fourth-order valence-electron chi connectivity index (χ4n) is 3.41. The van der Waals surface area contributed by atoms with Crippen LogP contribution in [0.4, 0.5) is 0 Å². The van der Waals surface area contributed by atoms with Gasteiger partial charge in [0.1, 0.15) is 5.75 Å². The van der Waals surface area contributed by atoms with Crippen LogP contribution in [0, 0.1) is 0 Å². The lowest BCUT2D eigenvalue weighted by molar-refractivity contribution is -0.140. The molecule has 0 spiro atoms. The molecule has 8 heteroatoms. The molecule has 0 saturated carbocycles. The molecule has 0 saturated heterocycles. The number of aromatic amines is 2. The lowest BCUT2D eigenvalue weighted by Crippen LogP contribution is -2.18. The minimum Gasteiger partial charge on any atom is -0.504 e. The molecule has 0 aliphatic carbocycles. The minimum atomic E-state index is -0.588. The third kappa shape index (κ3) is 4.48. The van der Waals surface area contributed by atoms with Gasteiger partial charge in [-0.1, -0.05) is 18.2 Å². The van der Waals surface area contributed by atoms with Crippen molar-refractivity contribution in [3.8, 4) is 17.2 Å². The number of aromatic hydroxyl groups is 1. The van der Waals surface area contributed by atoms with Crippen LogP contribution in [0.2, 0.25) is 0 Å². The average Bonchev–Trinajstić information content (AvgIpc) is 3.12. The van der Waals surface area contributed by atoms with Gasteiger partial charge in [0, 0.05) is 23.6 Å². The van der Waals surface area contributed by atoms with E-state index in [0.29, 0.717) is 23.2 Å². The van der Waals surface area contributed by atoms with Crippen molar-refractivity contribution in [3.63, 3.8) is 0 Å². The number of hydrogen-bond acceptors (Lipinski definition) is 6. The first kappa shape index (κ1) is 21.0. The molecule has 8 nitrogen and oxygen atoms in total. The molecule has 0 aliphatic heterocycles. The number of hydrogen-bond donors (Lipinski definition) is 3. The van der Waals surface area contributed by atoms with E-state index in [4.69, 9.17) is 14.2 Å². The molecule has 1 heterocycles. The van der Waals surface area contributed by atoms with Crippen molar-refractivity contribution in [3.05, 3.63) is 75.2 Å². The second-order valence-electron chi connectivity index (χ2n) is 6.76. The van der Waals surface area contributed by atoms with Gasteiger partial charge in [0.2, 0.25) is 0 Å². The van der Waals surface area contributed by atoms with Gasteiger partial charge in [-0.25, -0.2) is 0 Å². The standard InChI is InChI=1S/C22H24N2O6/c1-28-15-7-4-13(5-8-15)10-17-21(22(27)24-23-17)16(12-20(26)30-3)14-6-9-18(25)19(11-14)29-2/h4-9,11,16,25H,10,12H2,1-3H3,(H2,23,24,27). The number of esters is 1. The lowest BCUT2D eigenvalue weighted by atomic mass is 9.87. The predicted molar refractivity (Wildman–Crippen MR) is 110 cm³/mol. The number of rotatable bonds is 8. The van der Waals surface area contributed by atoms with Crippen molar-refractivity contribution in [1.29, 1.82) is 0 Å². The number of carbonyl (C=O) groups is 1. The molecule has 3 N–H and O–H groups in total. The summed E-state index contributed by atoms with van der Waals surface area (Å²) in [6, 6.07) is 12.3. The first-order valence-corrected chi connectivity index (χ1v) is 9.32. The molecular weight excluding hydrogens is 388 g/mol. The predicted octanol–water partition coefficient (Wildman–Crippen LogP) is 2.71. The number of phenols is 1. The first-order chi connectivity index (χ1) is 14.5. The zero-order valence-corrected chi connectivity index (χ0v) is 17.0. The Morgan fingerprint density at radius 1 is 1.03 bits per heavy atom. The number of nitrogens with one attached hydrogen (secondary N) is 2. The molecule has 0 radical (unpaired) electrons. The number of carbonyl (C=O) groups excluding carboxylic acids is 1. The molecular formula is C22H24N2O6. The SMILES string of the molecule is COC(=O)CC(c1ccc(O)c(OC)c1)c1c(Cc2ccc(OC)cc2)[nH][nH]c1=O. The Bertz CT molecular complexity index is 1070. The maximum Gasteiger partial charge on any atom is 0.306 e. The van der Waals surface area contributed by atoms with Gasteiger partial charge < -0.3 is 24.4 Å². The van der Waals surface area contributed by atoms with Crippen LogP contribution >= 0.6 is 0 Å². The van der Waals surface area contributed by atoms with Crippen LogP contribution in [0.15, 0.2) is 47.3 Å². The molecule has 0 aliphatic rings. The summed E-state index contributed by atoms with van der Waals surface area (Å²) in [4.78, 5) is 24.8. The summed E-state index contributed by atoms with van der Waals surface area (Å²) >= 11 is 0. The van der Waals surface area contributed by atoms with E-state index in [1.54, 1.807) is 19.2 Å². The molecule has 1 aromatic heterocycles. The third-order valence-corrected chi connectivity index (χ3v) is 4.99. The summed E-state index contributed by atoms with van der Waals surface area (Å²) in [5, 5.41) is 15.5. The van der Waals surface area contributed by atoms with Crippen LogP contribution in [0.3, 0.4) is 0 Å². The maximum atomic E-state index is 12.7. The van der Waals surface area contributed by atoms with E-state index < -0.39 is 11.9 Å². The second-order valence-corrected chi connectivity index (χ2v) is 6.76. The minimum absolute atomic E-state index is 0.0282. The smallest absolute Gasteiger partial charge is 0.306 e. The average molecular weight is 412 g/mol. The summed E-state index contributed by atoms with van der Waals surface area (Å²) in [5.41, 5.74) is 2.39. The van der Waals surface area contributed by atoms with Crippen LogP contribution in [0.25, 0.3) is 0 Å². The monoisotopic (exact) mass is 412 g/mol. The van der Waals surface area contributed by atoms with Crippen LogP contribution in [-0.2, 0) is 16.0 Å². The van der Waals surface area contributed by atoms with Gasteiger partial charge in [-0.3, -0.25) is 14.7 Å². The van der Waals surface area contributed by atoms with Gasteiger partial charge in [0.05, 0.1) is 27.8 Å². The van der Waals surface area contributed by atoms with Crippen molar-refractivity contribution in [2.45, 2.75) is 18.8 Å². The van der Waals surface area contributed by atoms with E-state index in [2.05, 4.69) is 10.2 Å². The van der Waals surface area contributed by atoms with Crippen molar-refractivity contribution in [1.82, 2.24) is 10.2 Å². The molecule has 3 aromatic rings. The molecule has 0 fully saturated rings. The van der Waals surface area contributed by atoms with Crippen LogP contribution < -0.4 is 15.0 Å². The fraction of sp³-hybridized carbons (Fsp3) is 0.273. The topological polar surface area (TPSA) is 114 Å². The normalized spacial score (nSPS) is 11.7. The molecule has 30 heavy (non-hydrogen) atoms. The van der Waals surface area contributed by atoms with Gasteiger partial charge in [-0.05, 0) is 35.4 Å². The number of phenolic OH excluding ortho intramolecular Hbond substituents is 1. The Balaban J connectivity index is 2.04. The molecule has 2 aromatic carbocycles. The molecule has 1 unspecified atom stereocenters. The van der Waals surface area contributed by atoms with Crippen molar-refractivity contribution in [2.24, 2.45) is 0 Å². The van der Waals surface area contributed by atoms with E-state index in [-0.39, 0.29) is 23.5 Å². The number of H-pyrrole nitrogens is 2. The summed E-state index contributed by atoms with van der Waals surface area (Å²) in [5.74, 6) is -0.0786. The Kier molecular flexibility index (Phi) is 6.46. The van der Waals surface area contributed by atoms with Crippen molar-refractivity contribution >= 4 is 5.97 Å². The van der Waals surface area contributed by atoms with E-state index in [1.807, 2.05) is 24.3 Å². The number of aromatic nitrogens is 2.